The van der Waals surface area contributed by atoms with E-state index < -0.39 is 17.6 Å². The van der Waals surface area contributed by atoms with Crippen LogP contribution in [-0.4, -0.2) is 31.5 Å². The zero-order valence-electron chi connectivity index (χ0n) is 12.0. The molecule has 0 saturated carbocycles. The van der Waals surface area contributed by atoms with Crippen molar-refractivity contribution in [1.29, 1.82) is 0 Å². The Labute approximate surface area is 126 Å². The summed E-state index contributed by atoms with van der Waals surface area (Å²) in [7, 11) is 0. The van der Waals surface area contributed by atoms with Crippen molar-refractivity contribution in [3.63, 3.8) is 0 Å². The van der Waals surface area contributed by atoms with Gasteiger partial charge in [0.05, 0.1) is 12.2 Å². The van der Waals surface area contributed by atoms with Gasteiger partial charge in [0.15, 0.2) is 0 Å². The molecule has 0 atom stereocenters. The first-order valence-electron chi connectivity index (χ1n) is 7.11. The Kier molecular flexibility index (Phi) is 5.41. The van der Waals surface area contributed by atoms with Crippen LogP contribution in [0.3, 0.4) is 0 Å². The fourth-order valence-electron chi connectivity index (χ4n) is 2.57. The topological polar surface area (TPSA) is 41.5 Å². The number of hydrogen-bond donors (Lipinski definition) is 2. The first kappa shape index (κ1) is 17.2. The molecular weight excluding hydrogens is 302 g/mol. The van der Waals surface area contributed by atoms with Crippen molar-refractivity contribution < 1.29 is 27.4 Å². The summed E-state index contributed by atoms with van der Waals surface area (Å²) < 4.78 is 56.4. The van der Waals surface area contributed by atoms with Gasteiger partial charge < -0.3 is 15.2 Å². The van der Waals surface area contributed by atoms with Crippen molar-refractivity contribution >= 4 is 0 Å². The number of alkyl halides is 3. The number of benzene rings is 1. The molecule has 0 unspecified atom stereocenters. The fraction of sp³-hybridized carbons (Fsp3) is 0.600. The Hall–Kier alpha value is -1.18. The Morgan fingerprint density at radius 2 is 1.91 bits per heavy atom. The quantitative estimate of drug-likeness (QED) is 0.820. The minimum Gasteiger partial charge on any atom is -0.396 e. The Morgan fingerprint density at radius 1 is 1.23 bits per heavy atom. The summed E-state index contributed by atoms with van der Waals surface area (Å²) in [5, 5.41) is 12.6. The van der Waals surface area contributed by atoms with Crippen molar-refractivity contribution in [2.24, 2.45) is 5.41 Å². The largest absolute Gasteiger partial charge is 0.419 e. The van der Waals surface area contributed by atoms with Crippen LogP contribution >= 0.6 is 0 Å². The summed E-state index contributed by atoms with van der Waals surface area (Å²) in [6.45, 7) is 1.80. The number of rotatable bonds is 5. The summed E-state index contributed by atoms with van der Waals surface area (Å²) in [4.78, 5) is 0. The van der Waals surface area contributed by atoms with Crippen LogP contribution in [0.15, 0.2) is 18.2 Å². The van der Waals surface area contributed by atoms with E-state index in [1.165, 1.54) is 6.07 Å². The molecule has 2 N–H and O–H groups in total. The van der Waals surface area contributed by atoms with E-state index in [0.717, 1.165) is 12.1 Å². The molecule has 7 heteroatoms. The molecule has 0 aliphatic carbocycles. The number of aliphatic hydroxyl groups excluding tert-OH is 1. The second-order valence-corrected chi connectivity index (χ2v) is 5.69. The molecule has 0 spiro atoms. The summed E-state index contributed by atoms with van der Waals surface area (Å²) >= 11 is 0. The zero-order chi connectivity index (χ0) is 16.2. The normalized spacial score (nSPS) is 18.4. The average Bonchev–Trinajstić information content (AvgIpc) is 2.49. The maximum absolute atomic E-state index is 13.2. The Bertz CT molecular complexity index is 499. The lowest BCUT2D eigenvalue weighted by atomic mass is 9.81. The maximum Gasteiger partial charge on any atom is 0.419 e. The van der Waals surface area contributed by atoms with Gasteiger partial charge in [-0.2, -0.15) is 13.2 Å². The smallest absolute Gasteiger partial charge is 0.396 e. The highest BCUT2D eigenvalue weighted by Gasteiger charge is 2.34. The molecule has 1 aromatic rings. The SMILES string of the molecule is OCC1(CNCc2ccc(F)c(C(F)(F)F)c2)CCOCC1. The Balaban J connectivity index is 1.97. The van der Waals surface area contributed by atoms with Gasteiger partial charge in [-0.1, -0.05) is 6.07 Å². The molecule has 22 heavy (non-hydrogen) atoms. The number of hydrogen-bond acceptors (Lipinski definition) is 3. The van der Waals surface area contributed by atoms with Crippen LogP contribution < -0.4 is 5.32 Å². The number of halogens is 4. The molecule has 1 heterocycles. The number of aliphatic hydroxyl groups is 1. The fourth-order valence-corrected chi connectivity index (χ4v) is 2.57. The van der Waals surface area contributed by atoms with Gasteiger partial charge in [0.1, 0.15) is 5.82 Å². The van der Waals surface area contributed by atoms with Crippen molar-refractivity contribution in [3.05, 3.63) is 35.1 Å². The maximum atomic E-state index is 13.2. The standard InChI is InChI=1S/C15H19F4NO2/c16-13-2-1-11(7-12(13)15(17,18)19)8-20-9-14(10-21)3-5-22-6-4-14/h1-2,7,20-21H,3-6,8-10H2. The first-order chi connectivity index (χ1) is 10.4. The molecular formula is C15H19F4NO2. The lowest BCUT2D eigenvalue weighted by Crippen LogP contribution is -2.41. The molecule has 1 aromatic carbocycles. The molecule has 1 aliphatic rings. The Morgan fingerprint density at radius 3 is 2.50 bits per heavy atom. The monoisotopic (exact) mass is 321 g/mol. The van der Waals surface area contributed by atoms with Crippen LogP contribution in [0.5, 0.6) is 0 Å². The molecule has 0 bridgehead atoms. The number of ether oxygens (including phenoxy) is 1. The van der Waals surface area contributed by atoms with E-state index in [4.69, 9.17) is 4.74 Å². The highest BCUT2D eigenvalue weighted by Crippen LogP contribution is 2.32. The van der Waals surface area contributed by atoms with Crippen LogP contribution in [0.25, 0.3) is 0 Å². The molecule has 3 nitrogen and oxygen atoms in total. The molecule has 0 amide bonds. The van der Waals surface area contributed by atoms with Gasteiger partial charge in [-0.25, -0.2) is 4.39 Å². The van der Waals surface area contributed by atoms with E-state index in [1.807, 2.05) is 0 Å². The van der Waals surface area contributed by atoms with E-state index in [1.54, 1.807) is 0 Å². The lowest BCUT2D eigenvalue weighted by molar-refractivity contribution is -0.140. The molecule has 0 aromatic heterocycles. The number of nitrogens with one attached hydrogen (secondary N) is 1. The van der Waals surface area contributed by atoms with Crippen LogP contribution in [-0.2, 0) is 17.5 Å². The van der Waals surface area contributed by atoms with E-state index in [9.17, 15) is 22.7 Å². The summed E-state index contributed by atoms with van der Waals surface area (Å²) in [5.74, 6) is -1.27. The summed E-state index contributed by atoms with van der Waals surface area (Å²) in [6, 6.07) is 2.97. The van der Waals surface area contributed by atoms with Gasteiger partial charge >= 0.3 is 6.18 Å². The molecule has 1 saturated heterocycles. The minimum absolute atomic E-state index is 0.000574. The highest BCUT2D eigenvalue weighted by atomic mass is 19.4. The van der Waals surface area contributed by atoms with Gasteiger partial charge in [0.25, 0.3) is 0 Å². The lowest BCUT2D eigenvalue weighted by Gasteiger charge is -2.35. The van der Waals surface area contributed by atoms with Crippen LogP contribution in [0.2, 0.25) is 0 Å². The van der Waals surface area contributed by atoms with Crippen molar-refractivity contribution in [2.45, 2.75) is 25.6 Å². The van der Waals surface area contributed by atoms with Crippen LogP contribution in [0.1, 0.15) is 24.0 Å². The second-order valence-electron chi connectivity index (χ2n) is 5.69. The van der Waals surface area contributed by atoms with Crippen molar-refractivity contribution in [2.75, 3.05) is 26.4 Å². The van der Waals surface area contributed by atoms with Gasteiger partial charge in [0.2, 0.25) is 0 Å². The van der Waals surface area contributed by atoms with Crippen molar-refractivity contribution in [3.8, 4) is 0 Å². The average molecular weight is 321 g/mol. The summed E-state index contributed by atoms with van der Waals surface area (Å²) in [6.07, 6.45) is -3.30. The van der Waals surface area contributed by atoms with Crippen molar-refractivity contribution in [1.82, 2.24) is 5.32 Å². The van der Waals surface area contributed by atoms with E-state index in [0.29, 0.717) is 38.2 Å². The van der Waals surface area contributed by atoms with E-state index >= 15 is 0 Å². The molecule has 1 aliphatic heterocycles. The molecule has 2 rings (SSSR count). The van der Waals surface area contributed by atoms with Gasteiger partial charge in [-0.05, 0) is 30.5 Å². The van der Waals surface area contributed by atoms with Gasteiger partial charge in [-0.3, -0.25) is 0 Å². The predicted molar refractivity (Wildman–Crippen MR) is 72.7 cm³/mol. The van der Waals surface area contributed by atoms with Gasteiger partial charge in [0, 0.05) is 31.7 Å². The van der Waals surface area contributed by atoms with E-state index in [2.05, 4.69) is 5.32 Å². The first-order valence-corrected chi connectivity index (χ1v) is 7.11. The third-order valence-electron chi connectivity index (χ3n) is 4.05. The molecule has 124 valence electrons. The predicted octanol–water partition coefficient (Wildman–Crippen LogP) is 2.72. The second kappa shape index (κ2) is 6.93. The van der Waals surface area contributed by atoms with E-state index in [-0.39, 0.29) is 18.6 Å². The van der Waals surface area contributed by atoms with Crippen LogP contribution in [0, 0.1) is 11.2 Å². The molecule has 0 radical (unpaired) electrons. The third-order valence-corrected chi connectivity index (χ3v) is 4.05. The summed E-state index contributed by atoms with van der Waals surface area (Å²) in [5.41, 5.74) is -1.20. The third kappa shape index (κ3) is 4.18. The van der Waals surface area contributed by atoms with Gasteiger partial charge in [-0.15, -0.1) is 0 Å². The zero-order valence-corrected chi connectivity index (χ0v) is 12.0. The highest BCUT2D eigenvalue weighted by molar-refractivity contribution is 5.27. The van der Waals surface area contributed by atoms with Crippen LogP contribution in [0.4, 0.5) is 17.6 Å². The minimum atomic E-state index is -4.70. The molecule has 1 fully saturated rings.